The maximum Gasteiger partial charge on any atom is 0.249 e. The molecule has 0 rings (SSSR count). The van der Waals surface area contributed by atoms with E-state index in [4.69, 9.17) is 0 Å². The molecule has 0 aromatic rings. The monoisotopic (exact) mass is 1080 g/mol. The largest absolute Gasteiger partial charge is 0.394 e. The zero-order valence-corrected chi connectivity index (χ0v) is 51.7. The van der Waals surface area contributed by atoms with Gasteiger partial charge in [-0.15, -0.1) is 0 Å². The number of aliphatic hydroxyl groups excluding tert-OH is 4. The van der Waals surface area contributed by atoms with Crippen molar-refractivity contribution in [1.29, 1.82) is 0 Å². The van der Waals surface area contributed by atoms with Crippen molar-refractivity contribution < 1.29 is 25.2 Å². The molecule has 0 aliphatic rings. The number of unbranched alkanes of at least 4 members (excludes halogenated alkanes) is 47. The van der Waals surface area contributed by atoms with Crippen molar-refractivity contribution in [2.24, 2.45) is 0 Å². The van der Waals surface area contributed by atoms with Gasteiger partial charge in [-0.1, -0.05) is 332 Å². The maximum absolute atomic E-state index is 12.7. The Hall–Kier alpha value is -1.73. The zero-order valence-electron chi connectivity index (χ0n) is 51.7. The van der Waals surface area contributed by atoms with Gasteiger partial charge in [-0.2, -0.15) is 0 Å². The third kappa shape index (κ3) is 58.7. The summed E-state index contributed by atoms with van der Waals surface area (Å²) in [6.07, 6.45) is 85.2. The van der Waals surface area contributed by atoms with Crippen LogP contribution in [0, 0.1) is 0 Å². The lowest BCUT2D eigenvalue weighted by Gasteiger charge is -2.27. The van der Waals surface area contributed by atoms with E-state index < -0.39 is 36.9 Å². The molecule has 5 N–H and O–H groups in total. The third-order valence-corrected chi connectivity index (χ3v) is 16.2. The number of rotatable bonds is 64. The molecule has 0 saturated carbocycles. The van der Waals surface area contributed by atoms with Crippen LogP contribution in [0.4, 0.5) is 0 Å². The topological polar surface area (TPSA) is 110 Å². The smallest absolute Gasteiger partial charge is 0.249 e. The maximum atomic E-state index is 12.7. The summed E-state index contributed by atoms with van der Waals surface area (Å²) >= 11 is 0. The van der Waals surface area contributed by atoms with Crippen LogP contribution < -0.4 is 5.32 Å². The van der Waals surface area contributed by atoms with Crippen LogP contribution in [0.3, 0.4) is 0 Å². The number of amides is 1. The van der Waals surface area contributed by atoms with Gasteiger partial charge < -0.3 is 25.7 Å². The second kappa shape index (κ2) is 65.1. The van der Waals surface area contributed by atoms with Gasteiger partial charge in [0.25, 0.3) is 0 Å². The van der Waals surface area contributed by atoms with Crippen molar-refractivity contribution in [3.63, 3.8) is 0 Å². The summed E-state index contributed by atoms with van der Waals surface area (Å²) in [5.41, 5.74) is 0. The van der Waals surface area contributed by atoms with Gasteiger partial charge in [-0.3, -0.25) is 4.79 Å². The highest BCUT2D eigenvalue weighted by molar-refractivity contribution is 5.80. The van der Waals surface area contributed by atoms with Gasteiger partial charge in [0, 0.05) is 0 Å². The standard InChI is InChI=1S/C71H135NO5/c1-3-5-7-9-11-13-15-17-19-21-23-25-27-29-30-31-32-33-34-35-36-37-38-39-41-43-45-47-49-51-53-55-57-59-61-63-65-69(75)71(77)72-67(66-73)70(76)68(74)64-62-60-58-56-54-52-50-48-46-44-42-40-28-26-24-22-20-18-16-14-12-10-8-6-4-2/h30-31,33-34,48,50,56,58,67-70,73-76H,3-29,32,35-47,49,51-55,57,59-66H2,1-2H3,(H,72,77)/b31-30-,34-33-,50-48+,58-56+. The van der Waals surface area contributed by atoms with Crippen LogP contribution in [0.15, 0.2) is 48.6 Å². The van der Waals surface area contributed by atoms with Crippen molar-refractivity contribution in [3.8, 4) is 0 Å². The van der Waals surface area contributed by atoms with E-state index >= 15 is 0 Å². The molecule has 0 radical (unpaired) electrons. The van der Waals surface area contributed by atoms with E-state index in [9.17, 15) is 25.2 Å². The summed E-state index contributed by atoms with van der Waals surface area (Å²) < 4.78 is 0. The molecule has 6 heteroatoms. The molecule has 0 fully saturated rings. The Kier molecular flexibility index (Phi) is 63.6. The van der Waals surface area contributed by atoms with Crippen LogP contribution in [-0.4, -0.2) is 57.3 Å². The first-order valence-corrected chi connectivity index (χ1v) is 34.5. The molecule has 0 aliphatic carbocycles. The van der Waals surface area contributed by atoms with Crippen molar-refractivity contribution in [2.45, 2.75) is 391 Å². The quantitative estimate of drug-likeness (QED) is 0.0308. The normalized spacial score (nSPS) is 13.8. The molecule has 4 unspecified atom stereocenters. The molecule has 454 valence electrons. The third-order valence-electron chi connectivity index (χ3n) is 16.2. The summed E-state index contributed by atoms with van der Waals surface area (Å²) in [7, 11) is 0. The SMILES string of the molecule is CCCCCCCCCCCCCCC/C=C\C/C=C\CCCCCCCCCCCCCCCCCCC(O)C(=O)NC(CO)C(O)C(O)CCC/C=C/CC/C=C/CCCCCCCCCCCCCCCCCC. The van der Waals surface area contributed by atoms with E-state index in [1.807, 2.05) is 0 Å². The van der Waals surface area contributed by atoms with Crippen LogP contribution in [0.25, 0.3) is 0 Å². The number of aliphatic hydroxyl groups is 4. The van der Waals surface area contributed by atoms with Gasteiger partial charge in [0.05, 0.1) is 18.8 Å². The molecule has 0 aromatic heterocycles. The Morgan fingerprint density at radius 1 is 0.325 bits per heavy atom. The number of allylic oxidation sites excluding steroid dienone is 8. The molecule has 0 bridgehead atoms. The number of hydrogen-bond donors (Lipinski definition) is 5. The number of nitrogens with one attached hydrogen (secondary N) is 1. The fraction of sp³-hybridized carbons (Fsp3) is 0.873. The molecule has 0 spiro atoms. The minimum absolute atomic E-state index is 0.360. The Balaban J connectivity index is 3.59. The Bertz CT molecular complexity index is 1260. The van der Waals surface area contributed by atoms with Crippen LogP contribution in [0.2, 0.25) is 0 Å². The van der Waals surface area contributed by atoms with Crippen molar-refractivity contribution in [1.82, 2.24) is 5.32 Å². The molecule has 0 heterocycles. The van der Waals surface area contributed by atoms with E-state index in [0.29, 0.717) is 19.3 Å². The number of carbonyl (C=O) groups excluding carboxylic acids is 1. The number of carbonyl (C=O) groups is 1. The predicted molar refractivity (Wildman–Crippen MR) is 339 cm³/mol. The molecule has 0 saturated heterocycles. The van der Waals surface area contributed by atoms with E-state index in [2.05, 4.69) is 67.8 Å². The zero-order chi connectivity index (χ0) is 55.8. The van der Waals surface area contributed by atoms with Gasteiger partial charge in [0.15, 0.2) is 0 Å². The Labute approximate surface area is 480 Å². The van der Waals surface area contributed by atoms with Crippen molar-refractivity contribution in [2.75, 3.05) is 6.61 Å². The highest BCUT2D eigenvalue weighted by Crippen LogP contribution is 2.18. The van der Waals surface area contributed by atoms with Crippen LogP contribution in [-0.2, 0) is 4.79 Å². The Morgan fingerprint density at radius 3 is 0.896 bits per heavy atom. The summed E-state index contributed by atoms with van der Waals surface area (Å²) in [5, 5.41) is 44.1. The second-order valence-electron chi connectivity index (χ2n) is 23.9. The fourth-order valence-electron chi connectivity index (χ4n) is 10.9. The average molecular weight is 1080 g/mol. The summed E-state index contributed by atoms with van der Waals surface area (Å²) in [6.45, 7) is 4.09. The summed E-state index contributed by atoms with van der Waals surface area (Å²) in [4.78, 5) is 12.7. The van der Waals surface area contributed by atoms with Crippen LogP contribution >= 0.6 is 0 Å². The van der Waals surface area contributed by atoms with Gasteiger partial charge in [0.1, 0.15) is 12.2 Å². The van der Waals surface area contributed by atoms with Crippen molar-refractivity contribution >= 4 is 5.91 Å². The summed E-state index contributed by atoms with van der Waals surface area (Å²) in [6, 6.07) is -1.01. The highest BCUT2D eigenvalue weighted by Gasteiger charge is 2.28. The summed E-state index contributed by atoms with van der Waals surface area (Å²) in [5.74, 6) is -0.593. The molecule has 6 nitrogen and oxygen atoms in total. The minimum atomic E-state index is -1.29. The lowest BCUT2D eigenvalue weighted by molar-refractivity contribution is -0.132. The van der Waals surface area contributed by atoms with E-state index in [0.717, 1.165) is 44.9 Å². The van der Waals surface area contributed by atoms with Crippen molar-refractivity contribution in [3.05, 3.63) is 48.6 Å². The van der Waals surface area contributed by atoms with Gasteiger partial charge in [-0.25, -0.2) is 0 Å². The molecular weight excluding hydrogens is 947 g/mol. The first-order chi connectivity index (χ1) is 38.0. The van der Waals surface area contributed by atoms with E-state index in [-0.39, 0.29) is 0 Å². The van der Waals surface area contributed by atoms with Gasteiger partial charge in [-0.05, 0) is 83.5 Å². The molecule has 0 aliphatic heterocycles. The molecule has 77 heavy (non-hydrogen) atoms. The lowest BCUT2D eigenvalue weighted by Crippen LogP contribution is -2.53. The fourth-order valence-corrected chi connectivity index (χ4v) is 10.9. The average Bonchev–Trinajstić information content (AvgIpc) is 3.43. The Morgan fingerprint density at radius 2 is 0.584 bits per heavy atom. The van der Waals surface area contributed by atoms with Gasteiger partial charge >= 0.3 is 0 Å². The molecule has 4 atom stereocenters. The predicted octanol–water partition coefficient (Wildman–Crippen LogP) is 21.3. The first-order valence-electron chi connectivity index (χ1n) is 34.5. The lowest BCUT2D eigenvalue weighted by atomic mass is 10.00. The number of hydrogen-bond acceptors (Lipinski definition) is 5. The van der Waals surface area contributed by atoms with E-state index in [1.165, 1.54) is 289 Å². The first kappa shape index (κ1) is 75.3. The highest BCUT2D eigenvalue weighted by atomic mass is 16.3. The minimum Gasteiger partial charge on any atom is -0.394 e. The second-order valence-corrected chi connectivity index (χ2v) is 23.9. The molecular formula is C71H135NO5. The van der Waals surface area contributed by atoms with Gasteiger partial charge in [0.2, 0.25) is 5.91 Å². The molecule has 0 aromatic carbocycles. The van der Waals surface area contributed by atoms with Crippen LogP contribution in [0.5, 0.6) is 0 Å². The van der Waals surface area contributed by atoms with Crippen LogP contribution in [0.1, 0.15) is 367 Å². The molecule has 1 amide bonds. The van der Waals surface area contributed by atoms with E-state index in [1.54, 1.807) is 0 Å².